The van der Waals surface area contributed by atoms with E-state index in [2.05, 4.69) is 0 Å². The highest BCUT2D eigenvalue weighted by Gasteiger charge is 2.39. The summed E-state index contributed by atoms with van der Waals surface area (Å²) in [7, 11) is 0. The third-order valence-corrected chi connectivity index (χ3v) is 3.87. The molecular weight excluding hydrogens is 298 g/mol. The Bertz CT molecular complexity index is 593. The molecule has 1 amide bonds. The SMILES string of the molecule is CC(C)(C)OC(=O)N1CC(c2ccccc2O)CCC1C(=O)O. The predicted molar refractivity (Wildman–Crippen MR) is 84.4 cm³/mol. The molecule has 1 aliphatic heterocycles. The lowest BCUT2D eigenvalue weighted by Gasteiger charge is -2.38. The van der Waals surface area contributed by atoms with Gasteiger partial charge in [-0.3, -0.25) is 4.90 Å². The second kappa shape index (κ2) is 6.48. The first kappa shape index (κ1) is 17.1. The first-order valence-electron chi connectivity index (χ1n) is 7.69. The minimum absolute atomic E-state index is 0.112. The summed E-state index contributed by atoms with van der Waals surface area (Å²) in [5, 5.41) is 19.4. The minimum Gasteiger partial charge on any atom is -0.508 e. The van der Waals surface area contributed by atoms with E-state index in [9.17, 15) is 19.8 Å². The predicted octanol–water partition coefficient (Wildman–Crippen LogP) is 2.96. The molecule has 0 radical (unpaired) electrons. The van der Waals surface area contributed by atoms with Crippen molar-refractivity contribution in [3.05, 3.63) is 29.8 Å². The van der Waals surface area contributed by atoms with Crippen molar-refractivity contribution in [2.45, 2.75) is 51.2 Å². The number of carboxylic acids is 1. The zero-order chi connectivity index (χ0) is 17.2. The van der Waals surface area contributed by atoms with Gasteiger partial charge in [0.25, 0.3) is 0 Å². The average molecular weight is 321 g/mol. The van der Waals surface area contributed by atoms with Crippen LogP contribution in [0.25, 0.3) is 0 Å². The van der Waals surface area contributed by atoms with Crippen LogP contribution in [0.4, 0.5) is 4.79 Å². The Hall–Kier alpha value is -2.24. The number of aliphatic carboxylic acids is 1. The molecule has 2 atom stereocenters. The Balaban J connectivity index is 2.23. The molecule has 0 aliphatic carbocycles. The maximum Gasteiger partial charge on any atom is 0.411 e. The van der Waals surface area contributed by atoms with Gasteiger partial charge >= 0.3 is 12.1 Å². The van der Waals surface area contributed by atoms with Crippen molar-refractivity contribution >= 4 is 12.1 Å². The van der Waals surface area contributed by atoms with Gasteiger partial charge in [0.1, 0.15) is 17.4 Å². The summed E-state index contributed by atoms with van der Waals surface area (Å²) in [6, 6.07) is 6.04. The van der Waals surface area contributed by atoms with Gasteiger partial charge in [-0.2, -0.15) is 0 Å². The summed E-state index contributed by atoms with van der Waals surface area (Å²) in [6.45, 7) is 5.44. The molecule has 0 spiro atoms. The van der Waals surface area contributed by atoms with E-state index >= 15 is 0 Å². The maximum atomic E-state index is 12.4. The lowest BCUT2D eigenvalue weighted by Crippen LogP contribution is -2.51. The van der Waals surface area contributed by atoms with Crippen LogP contribution in [0.2, 0.25) is 0 Å². The van der Waals surface area contributed by atoms with E-state index in [1.54, 1.807) is 39.0 Å². The van der Waals surface area contributed by atoms with Crippen LogP contribution >= 0.6 is 0 Å². The standard InChI is InChI=1S/C17H23NO5/c1-17(2,3)23-16(22)18-10-11(8-9-13(18)15(20)21)12-6-4-5-7-14(12)19/h4-7,11,13,19H,8-10H2,1-3H3,(H,20,21). The number of rotatable bonds is 2. The highest BCUT2D eigenvalue weighted by atomic mass is 16.6. The normalized spacial score (nSPS) is 21.8. The van der Waals surface area contributed by atoms with Gasteiger partial charge in [-0.05, 0) is 45.2 Å². The second-order valence-electron chi connectivity index (χ2n) is 6.82. The number of piperidine rings is 1. The fourth-order valence-corrected chi connectivity index (χ4v) is 2.84. The molecule has 1 heterocycles. The van der Waals surface area contributed by atoms with Crippen LogP contribution in [0, 0.1) is 0 Å². The highest BCUT2D eigenvalue weighted by Crippen LogP contribution is 2.35. The average Bonchev–Trinajstić information content (AvgIpc) is 2.45. The van der Waals surface area contributed by atoms with Gasteiger partial charge in [-0.1, -0.05) is 18.2 Å². The number of carbonyl (C=O) groups is 2. The summed E-state index contributed by atoms with van der Waals surface area (Å²) in [5.74, 6) is -0.985. The van der Waals surface area contributed by atoms with Gasteiger partial charge in [-0.15, -0.1) is 0 Å². The Morgan fingerprint density at radius 1 is 1.22 bits per heavy atom. The quantitative estimate of drug-likeness (QED) is 0.874. The number of nitrogens with zero attached hydrogens (tertiary/aromatic N) is 1. The number of amides is 1. The van der Waals surface area contributed by atoms with Gasteiger partial charge in [-0.25, -0.2) is 9.59 Å². The van der Waals surface area contributed by atoms with Crippen LogP contribution in [0.1, 0.15) is 45.1 Å². The van der Waals surface area contributed by atoms with E-state index in [-0.39, 0.29) is 18.2 Å². The molecule has 126 valence electrons. The van der Waals surface area contributed by atoms with Gasteiger partial charge in [0.15, 0.2) is 0 Å². The molecule has 2 rings (SSSR count). The van der Waals surface area contributed by atoms with Gasteiger partial charge < -0.3 is 14.9 Å². The lowest BCUT2D eigenvalue weighted by atomic mass is 9.87. The highest BCUT2D eigenvalue weighted by molar-refractivity contribution is 5.80. The monoisotopic (exact) mass is 321 g/mol. The van der Waals surface area contributed by atoms with Crippen LogP contribution in [0.15, 0.2) is 24.3 Å². The molecule has 6 heteroatoms. The third-order valence-electron chi connectivity index (χ3n) is 3.87. The molecular formula is C17H23NO5. The number of phenolic OH excluding ortho intramolecular Hbond substituents is 1. The van der Waals surface area contributed by atoms with Crippen molar-refractivity contribution in [3.8, 4) is 5.75 Å². The van der Waals surface area contributed by atoms with Crippen molar-refractivity contribution in [1.82, 2.24) is 4.90 Å². The number of para-hydroxylation sites is 1. The number of hydrogen-bond acceptors (Lipinski definition) is 4. The first-order valence-corrected chi connectivity index (χ1v) is 7.69. The summed E-state index contributed by atoms with van der Waals surface area (Å²) < 4.78 is 5.33. The van der Waals surface area contributed by atoms with Crippen molar-refractivity contribution in [2.24, 2.45) is 0 Å². The van der Waals surface area contributed by atoms with E-state index in [1.165, 1.54) is 4.90 Å². The Morgan fingerprint density at radius 2 is 1.87 bits per heavy atom. The van der Waals surface area contributed by atoms with Gasteiger partial charge in [0.2, 0.25) is 0 Å². The number of hydrogen-bond donors (Lipinski definition) is 2. The van der Waals surface area contributed by atoms with Crippen LogP contribution in [0.5, 0.6) is 5.75 Å². The number of benzene rings is 1. The van der Waals surface area contributed by atoms with Crippen molar-refractivity contribution in [2.75, 3.05) is 6.54 Å². The van der Waals surface area contributed by atoms with Gasteiger partial charge in [0, 0.05) is 12.5 Å². The third kappa shape index (κ3) is 4.15. The van der Waals surface area contributed by atoms with Crippen LogP contribution < -0.4 is 0 Å². The zero-order valence-electron chi connectivity index (χ0n) is 13.7. The fourth-order valence-electron chi connectivity index (χ4n) is 2.84. The van der Waals surface area contributed by atoms with E-state index < -0.39 is 23.7 Å². The second-order valence-corrected chi connectivity index (χ2v) is 6.82. The summed E-state index contributed by atoms with van der Waals surface area (Å²) >= 11 is 0. The number of carbonyl (C=O) groups excluding carboxylic acids is 1. The smallest absolute Gasteiger partial charge is 0.411 e. The molecule has 0 bridgehead atoms. The zero-order valence-corrected chi connectivity index (χ0v) is 13.7. The maximum absolute atomic E-state index is 12.4. The first-order chi connectivity index (χ1) is 10.7. The number of likely N-dealkylation sites (tertiary alicyclic amines) is 1. The summed E-state index contributed by atoms with van der Waals surface area (Å²) in [5.41, 5.74) is 0.0343. The molecule has 1 saturated heterocycles. The molecule has 1 fully saturated rings. The molecule has 1 aliphatic rings. The Morgan fingerprint density at radius 3 is 2.43 bits per heavy atom. The number of aromatic hydroxyl groups is 1. The fraction of sp³-hybridized carbons (Fsp3) is 0.529. The van der Waals surface area contributed by atoms with Crippen molar-refractivity contribution in [3.63, 3.8) is 0 Å². The molecule has 1 aromatic carbocycles. The van der Waals surface area contributed by atoms with Crippen LogP contribution in [0.3, 0.4) is 0 Å². The van der Waals surface area contributed by atoms with Crippen LogP contribution in [-0.4, -0.2) is 45.4 Å². The van der Waals surface area contributed by atoms with E-state index in [0.717, 1.165) is 5.56 Å². The lowest BCUT2D eigenvalue weighted by molar-refractivity contribution is -0.144. The molecule has 2 unspecified atom stereocenters. The van der Waals surface area contributed by atoms with Crippen molar-refractivity contribution < 1.29 is 24.5 Å². The molecule has 23 heavy (non-hydrogen) atoms. The van der Waals surface area contributed by atoms with Crippen molar-refractivity contribution in [1.29, 1.82) is 0 Å². The van der Waals surface area contributed by atoms with Crippen LogP contribution in [-0.2, 0) is 9.53 Å². The molecule has 6 nitrogen and oxygen atoms in total. The largest absolute Gasteiger partial charge is 0.508 e. The van der Waals surface area contributed by atoms with E-state index in [4.69, 9.17) is 4.74 Å². The number of carboxylic acid groups (broad SMARTS) is 1. The van der Waals surface area contributed by atoms with E-state index in [1.807, 2.05) is 6.07 Å². The van der Waals surface area contributed by atoms with E-state index in [0.29, 0.717) is 12.8 Å². The molecule has 1 aromatic rings. The summed E-state index contributed by atoms with van der Waals surface area (Å²) in [6.07, 6.45) is 0.284. The summed E-state index contributed by atoms with van der Waals surface area (Å²) in [4.78, 5) is 25.1. The molecule has 2 N–H and O–H groups in total. The minimum atomic E-state index is -1.04. The number of phenols is 1. The number of ether oxygens (including phenoxy) is 1. The van der Waals surface area contributed by atoms with Gasteiger partial charge in [0.05, 0.1) is 0 Å². The Labute approximate surface area is 135 Å². The topological polar surface area (TPSA) is 87.1 Å². The molecule has 0 aromatic heterocycles. The molecule has 0 saturated carbocycles. The Kier molecular flexibility index (Phi) is 4.82.